The van der Waals surface area contributed by atoms with Crippen LogP contribution in [0.3, 0.4) is 0 Å². The van der Waals surface area contributed by atoms with Crippen molar-refractivity contribution in [1.82, 2.24) is 9.80 Å². The van der Waals surface area contributed by atoms with Crippen LogP contribution in [0.5, 0.6) is 0 Å². The standard InChI is InChI=1S/C23H33N5.HI/c1-18-5-10-22(15-19(18)2)26-23(24)25-16-20-6-8-21(9-7-20)17-28-12-4-11-27(3)13-14-28;/h5-10,15H,4,11-14,16-17H2,1-3H3,(H3,24,25,26);1H. The summed E-state index contributed by atoms with van der Waals surface area (Å²) in [6, 6.07) is 15.0. The summed E-state index contributed by atoms with van der Waals surface area (Å²) in [5.74, 6) is 0.445. The lowest BCUT2D eigenvalue weighted by Gasteiger charge is -2.20. The minimum absolute atomic E-state index is 0. The highest BCUT2D eigenvalue weighted by Crippen LogP contribution is 2.14. The normalized spacial score (nSPS) is 16.2. The number of benzene rings is 2. The van der Waals surface area contributed by atoms with Gasteiger partial charge in [-0.1, -0.05) is 30.3 Å². The first kappa shape index (κ1) is 23.6. The molecule has 0 aliphatic carbocycles. The predicted molar refractivity (Wildman–Crippen MR) is 134 cm³/mol. The quantitative estimate of drug-likeness (QED) is 0.365. The number of hydrogen-bond acceptors (Lipinski definition) is 3. The molecule has 1 aliphatic heterocycles. The van der Waals surface area contributed by atoms with Gasteiger partial charge in [0.2, 0.25) is 0 Å². The predicted octanol–water partition coefficient (Wildman–Crippen LogP) is 3.99. The molecule has 2 aromatic rings. The Bertz CT molecular complexity index is 803. The third-order valence-corrected chi connectivity index (χ3v) is 5.45. The minimum Gasteiger partial charge on any atom is -0.370 e. The van der Waals surface area contributed by atoms with Crippen molar-refractivity contribution in [3.05, 3.63) is 64.7 Å². The first-order chi connectivity index (χ1) is 13.5. The molecule has 0 aromatic heterocycles. The maximum Gasteiger partial charge on any atom is 0.193 e. The first-order valence-corrected chi connectivity index (χ1v) is 10.1. The van der Waals surface area contributed by atoms with Gasteiger partial charge in [-0.3, -0.25) is 4.90 Å². The Hall–Kier alpha value is -1.64. The number of aliphatic imine (C=N–C) groups is 1. The van der Waals surface area contributed by atoms with Gasteiger partial charge in [-0.15, -0.1) is 24.0 Å². The van der Waals surface area contributed by atoms with E-state index < -0.39 is 0 Å². The van der Waals surface area contributed by atoms with Crippen LogP contribution in [0.4, 0.5) is 5.69 Å². The molecule has 1 heterocycles. The highest BCUT2D eigenvalue weighted by atomic mass is 127. The maximum atomic E-state index is 6.05. The lowest BCUT2D eigenvalue weighted by Crippen LogP contribution is -2.28. The summed E-state index contributed by atoms with van der Waals surface area (Å²) in [7, 11) is 2.21. The van der Waals surface area contributed by atoms with E-state index in [4.69, 9.17) is 5.73 Å². The number of anilines is 1. The fraction of sp³-hybridized carbons (Fsp3) is 0.435. The van der Waals surface area contributed by atoms with Gasteiger partial charge in [-0.25, -0.2) is 4.99 Å². The highest BCUT2D eigenvalue weighted by Gasteiger charge is 2.12. The number of nitrogens with one attached hydrogen (secondary N) is 1. The van der Waals surface area contributed by atoms with Gasteiger partial charge in [0.25, 0.3) is 0 Å². The van der Waals surface area contributed by atoms with Crippen LogP contribution in [0.1, 0.15) is 28.7 Å². The van der Waals surface area contributed by atoms with Gasteiger partial charge in [-0.05, 0) is 74.8 Å². The van der Waals surface area contributed by atoms with Crippen LogP contribution in [-0.4, -0.2) is 49.0 Å². The summed E-state index contributed by atoms with van der Waals surface area (Å²) >= 11 is 0. The third kappa shape index (κ3) is 7.60. The number of guanidine groups is 1. The molecular weight excluding hydrogens is 473 g/mol. The summed E-state index contributed by atoms with van der Waals surface area (Å²) < 4.78 is 0. The molecule has 0 amide bonds. The lowest BCUT2D eigenvalue weighted by atomic mass is 10.1. The fourth-order valence-corrected chi connectivity index (χ4v) is 3.45. The third-order valence-electron chi connectivity index (χ3n) is 5.45. The molecule has 0 bridgehead atoms. The monoisotopic (exact) mass is 507 g/mol. The topological polar surface area (TPSA) is 56.9 Å². The number of aryl methyl sites for hydroxylation is 2. The van der Waals surface area contributed by atoms with Gasteiger partial charge in [0.1, 0.15) is 0 Å². The van der Waals surface area contributed by atoms with E-state index in [-0.39, 0.29) is 24.0 Å². The lowest BCUT2D eigenvalue weighted by molar-refractivity contribution is 0.269. The van der Waals surface area contributed by atoms with Crippen LogP contribution < -0.4 is 11.1 Å². The molecule has 0 radical (unpaired) electrons. The molecule has 0 saturated carbocycles. The molecule has 1 fully saturated rings. The highest BCUT2D eigenvalue weighted by molar-refractivity contribution is 14.0. The molecule has 0 spiro atoms. The molecule has 1 aliphatic rings. The SMILES string of the molecule is Cc1ccc(NC(N)=NCc2ccc(CN3CCCN(C)CC3)cc2)cc1C.I. The van der Waals surface area contributed by atoms with Gasteiger partial charge in [-0.2, -0.15) is 0 Å². The van der Waals surface area contributed by atoms with Crippen molar-refractivity contribution < 1.29 is 0 Å². The summed E-state index contributed by atoms with van der Waals surface area (Å²) in [5, 5.41) is 3.17. The zero-order valence-corrected chi connectivity index (χ0v) is 20.1. The summed E-state index contributed by atoms with van der Waals surface area (Å²) in [6.45, 7) is 10.5. The van der Waals surface area contributed by atoms with Crippen LogP contribution in [0.15, 0.2) is 47.5 Å². The molecule has 158 valence electrons. The van der Waals surface area contributed by atoms with E-state index in [1.54, 1.807) is 0 Å². The van der Waals surface area contributed by atoms with Gasteiger partial charge in [0.15, 0.2) is 5.96 Å². The smallest absolute Gasteiger partial charge is 0.193 e. The number of halogens is 1. The Kier molecular flexibility index (Phi) is 9.39. The van der Waals surface area contributed by atoms with Gasteiger partial charge >= 0.3 is 0 Å². The van der Waals surface area contributed by atoms with Crippen LogP contribution in [0.25, 0.3) is 0 Å². The number of hydrogen-bond donors (Lipinski definition) is 2. The Balaban J connectivity index is 0.00000300. The second-order valence-electron chi connectivity index (χ2n) is 7.87. The number of likely N-dealkylation sites (N-methyl/N-ethyl adjacent to an activating group) is 1. The molecule has 2 aromatic carbocycles. The second-order valence-corrected chi connectivity index (χ2v) is 7.87. The van der Waals surface area contributed by atoms with E-state index in [0.29, 0.717) is 12.5 Å². The molecule has 1 saturated heterocycles. The largest absolute Gasteiger partial charge is 0.370 e. The molecule has 0 unspecified atom stereocenters. The van der Waals surface area contributed by atoms with Crippen molar-refractivity contribution in [1.29, 1.82) is 0 Å². The summed E-state index contributed by atoms with van der Waals surface area (Å²) in [4.78, 5) is 9.43. The summed E-state index contributed by atoms with van der Waals surface area (Å²) in [6.07, 6.45) is 1.25. The Labute approximate surface area is 192 Å². The summed E-state index contributed by atoms with van der Waals surface area (Å²) in [5.41, 5.74) is 12.1. The van der Waals surface area contributed by atoms with Crippen molar-refractivity contribution in [2.45, 2.75) is 33.4 Å². The Morgan fingerprint density at radius 1 is 0.966 bits per heavy atom. The van der Waals surface area contributed by atoms with Crippen LogP contribution >= 0.6 is 24.0 Å². The second kappa shape index (κ2) is 11.5. The molecule has 29 heavy (non-hydrogen) atoms. The van der Waals surface area contributed by atoms with Crippen molar-refractivity contribution in [2.24, 2.45) is 10.7 Å². The van der Waals surface area contributed by atoms with Gasteiger partial charge < -0.3 is 16.0 Å². The van der Waals surface area contributed by atoms with E-state index in [1.165, 1.54) is 41.8 Å². The van der Waals surface area contributed by atoms with Gasteiger partial charge in [0, 0.05) is 25.3 Å². The average molecular weight is 507 g/mol. The van der Waals surface area contributed by atoms with Crippen LogP contribution in [0.2, 0.25) is 0 Å². The zero-order valence-electron chi connectivity index (χ0n) is 17.8. The molecule has 3 N–H and O–H groups in total. The molecule has 0 atom stereocenters. The van der Waals surface area contributed by atoms with Crippen molar-refractivity contribution >= 4 is 35.6 Å². The van der Waals surface area contributed by atoms with Crippen molar-refractivity contribution in [3.8, 4) is 0 Å². The van der Waals surface area contributed by atoms with E-state index in [1.807, 2.05) is 6.07 Å². The minimum atomic E-state index is 0. The molecule has 5 nitrogen and oxygen atoms in total. The van der Waals surface area contributed by atoms with Gasteiger partial charge in [0.05, 0.1) is 6.54 Å². The number of nitrogens with two attached hydrogens (primary N) is 1. The van der Waals surface area contributed by atoms with Crippen molar-refractivity contribution in [3.63, 3.8) is 0 Å². The Morgan fingerprint density at radius 2 is 1.69 bits per heavy atom. The maximum absolute atomic E-state index is 6.05. The first-order valence-electron chi connectivity index (χ1n) is 10.1. The average Bonchev–Trinajstić information content (AvgIpc) is 2.88. The number of nitrogens with zero attached hydrogens (tertiary/aromatic N) is 3. The zero-order chi connectivity index (χ0) is 19.9. The van der Waals surface area contributed by atoms with E-state index in [0.717, 1.165) is 25.3 Å². The number of rotatable bonds is 5. The van der Waals surface area contributed by atoms with E-state index in [9.17, 15) is 0 Å². The Morgan fingerprint density at radius 3 is 2.41 bits per heavy atom. The molecular formula is C23H34IN5. The fourth-order valence-electron chi connectivity index (χ4n) is 3.45. The van der Waals surface area contributed by atoms with E-state index >= 15 is 0 Å². The molecule has 3 rings (SSSR count). The van der Waals surface area contributed by atoms with E-state index in [2.05, 4.69) is 77.4 Å². The molecule has 6 heteroatoms. The van der Waals surface area contributed by atoms with Crippen molar-refractivity contribution in [2.75, 3.05) is 38.5 Å². The van der Waals surface area contributed by atoms with Crippen LogP contribution in [0, 0.1) is 13.8 Å². The van der Waals surface area contributed by atoms with Crippen LogP contribution in [-0.2, 0) is 13.1 Å².